The van der Waals surface area contributed by atoms with Gasteiger partial charge >= 0.3 is 11.9 Å². The van der Waals surface area contributed by atoms with Crippen LogP contribution in [0.4, 0.5) is 0 Å². The number of methoxy groups -OCH3 is 3. The molecule has 0 heterocycles. The summed E-state index contributed by atoms with van der Waals surface area (Å²) in [6, 6.07) is 78.7. The van der Waals surface area contributed by atoms with Gasteiger partial charge in [0, 0.05) is 32.0 Å². The number of amides is 1. The average molecular weight is 1380 g/mol. The number of carbonyl (C=O) groups is 3. The van der Waals surface area contributed by atoms with Gasteiger partial charge in [0.2, 0.25) is 5.91 Å². The van der Waals surface area contributed by atoms with Crippen LogP contribution in [0.5, 0.6) is 0 Å². The Morgan fingerprint density at radius 3 is 1.52 bits per heavy atom. The first-order chi connectivity index (χ1) is 49.7. The molecule has 0 aliphatic heterocycles. The molecular weight excluding hydrogens is 1270 g/mol. The van der Waals surface area contributed by atoms with E-state index in [0.29, 0.717) is 49.0 Å². The number of hydrogen-bond acceptors (Lipinski definition) is 7. The van der Waals surface area contributed by atoms with Crippen LogP contribution in [0.25, 0.3) is 32.3 Å². The van der Waals surface area contributed by atoms with E-state index in [4.69, 9.17) is 18.9 Å². The number of hydrogen-bond donors (Lipinski definition) is 1. The third-order valence-corrected chi connectivity index (χ3v) is 23.7. The number of rotatable bonds is 28. The lowest BCUT2D eigenvalue weighted by Gasteiger charge is -2.37. The lowest BCUT2D eigenvalue weighted by Crippen LogP contribution is -2.43. The Morgan fingerprint density at radius 2 is 0.951 bits per heavy atom. The molecule has 11 unspecified atom stereocenters. The van der Waals surface area contributed by atoms with Crippen molar-refractivity contribution in [2.75, 3.05) is 27.9 Å². The topological polar surface area (TPSA) is 100 Å². The summed E-state index contributed by atoms with van der Waals surface area (Å²) in [7, 11) is 4.79. The zero-order chi connectivity index (χ0) is 73.0. The maximum absolute atomic E-state index is 13.8. The van der Waals surface area contributed by atoms with Gasteiger partial charge in [0.1, 0.15) is 0 Å². The molecule has 0 bridgehead atoms. The standard InChI is InChI=1S/C35H39NO3.C33H36O.C27H36O3/c1-6-35(4,33(38)39-5)22-26(21-34(2,3)32(37)36-30-20-25-15-7-10-16-27(25)30)31-28-17-11-8-13-23(28)19-24-14-9-12-18-29(24)31;1-4-24(25-11-6-5-7-12-25)20-28(31-16-10-14-26-13-8-9-15-30(26)31)19-23(2)27-17-18-32-29(21-27)22-33(32)34-3;1-6-20(21-11-9-8-10-12-21)18-27(4,26(28)29-5)17-19(3)22-13-14-24-23(15-22)16-25(24)30-7-2/h7-19,26,30H,6,20-22H2,1-5H3,(H,36,37);5-18,21,23-24,28,33H,4,19-20,22H2,1-3H3;8-15,19-20,25H,6-7,16-18H2,1-5H3. The normalized spacial score (nSPS) is 17.9. The molecule has 13 rings (SSSR count). The summed E-state index contributed by atoms with van der Waals surface area (Å²) < 4.78 is 21.9. The average Bonchev–Trinajstić information content (AvgIpc) is 0.761. The molecular formula is C95H111NO7. The number of carbonyl (C=O) groups excluding carboxylic acids is 3. The van der Waals surface area contributed by atoms with Crippen molar-refractivity contribution in [3.63, 3.8) is 0 Å². The molecule has 1 amide bonds. The number of ether oxygens (including phenoxy) is 4. The molecule has 538 valence electrons. The van der Waals surface area contributed by atoms with E-state index in [1.165, 1.54) is 120 Å². The van der Waals surface area contributed by atoms with E-state index in [0.717, 1.165) is 58.0 Å². The second-order valence-corrected chi connectivity index (χ2v) is 31.1. The Bertz CT molecular complexity index is 4460. The fourth-order valence-electron chi connectivity index (χ4n) is 17.3. The van der Waals surface area contributed by atoms with Crippen molar-refractivity contribution in [1.82, 2.24) is 5.32 Å². The molecule has 0 fully saturated rings. The molecule has 10 aromatic carbocycles. The van der Waals surface area contributed by atoms with E-state index < -0.39 is 16.2 Å². The van der Waals surface area contributed by atoms with E-state index in [2.05, 4.69) is 240 Å². The third kappa shape index (κ3) is 17.1. The van der Waals surface area contributed by atoms with Crippen molar-refractivity contribution in [2.24, 2.45) is 16.2 Å². The summed E-state index contributed by atoms with van der Waals surface area (Å²) in [6.07, 6.45) is 11.4. The zero-order valence-corrected chi connectivity index (χ0v) is 63.5. The van der Waals surface area contributed by atoms with Gasteiger partial charge in [-0.1, -0.05) is 261 Å². The molecule has 11 atom stereocenters. The molecule has 103 heavy (non-hydrogen) atoms. The Kier molecular flexibility index (Phi) is 24.8. The van der Waals surface area contributed by atoms with E-state index in [-0.39, 0.29) is 41.8 Å². The molecule has 10 aromatic rings. The fourth-order valence-corrected chi connectivity index (χ4v) is 17.3. The first-order valence-electron chi connectivity index (χ1n) is 38.2. The lowest BCUT2D eigenvalue weighted by atomic mass is 9.69. The minimum atomic E-state index is -0.670. The number of esters is 2. The van der Waals surface area contributed by atoms with Gasteiger partial charge < -0.3 is 24.3 Å². The molecule has 0 aromatic heterocycles. The zero-order valence-electron chi connectivity index (χ0n) is 63.5. The third-order valence-electron chi connectivity index (χ3n) is 23.7. The number of benzene rings is 10. The molecule has 8 nitrogen and oxygen atoms in total. The monoisotopic (exact) mass is 1380 g/mol. The first kappa shape index (κ1) is 75.5. The highest BCUT2D eigenvalue weighted by atomic mass is 16.5. The highest BCUT2D eigenvalue weighted by Gasteiger charge is 2.43. The van der Waals surface area contributed by atoms with Gasteiger partial charge in [-0.15, -0.1) is 0 Å². The first-order valence-corrected chi connectivity index (χ1v) is 38.2. The predicted molar refractivity (Wildman–Crippen MR) is 424 cm³/mol. The fraction of sp³-hybridized carbons (Fsp3) is 0.400. The summed E-state index contributed by atoms with van der Waals surface area (Å²) >= 11 is 0. The van der Waals surface area contributed by atoms with Crippen LogP contribution in [0.3, 0.4) is 0 Å². The maximum Gasteiger partial charge on any atom is 0.311 e. The van der Waals surface area contributed by atoms with E-state index in [1.54, 1.807) is 0 Å². The van der Waals surface area contributed by atoms with E-state index >= 15 is 0 Å². The van der Waals surface area contributed by atoms with Gasteiger partial charge in [0.15, 0.2) is 0 Å². The molecule has 3 aliphatic carbocycles. The molecule has 0 saturated carbocycles. The second-order valence-electron chi connectivity index (χ2n) is 31.1. The van der Waals surface area contributed by atoms with Crippen molar-refractivity contribution in [3.05, 3.63) is 285 Å². The Morgan fingerprint density at radius 1 is 0.437 bits per heavy atom. The van der Waals surface area contributed by atoms with Crippen LogP contribution in [0.2, 0.25) is 0 Å². The molecule has 0 saturated heterocycles. The second kappa shape index (κ2) is 33.8. The maximum atomic E-state index is 13.8. The minimum Gasteiger partial charge on any atom is -0.469 e. The smallest absolute Gasteiger partial charge is 0.311 e. The number of fused-ring (bicyclic) bond motifs is 6. The van der Waals surface area contributed by atoms with Crippen molar-refractivity contribution in [2.45, 2.75) is 200 Å². The van der Waals surface area contributed by atoms with Crippen LogP contribution >= 0.6 is 0 Å². The predicted octanol–water partition coefficient (Wildman–Crippen LogP) is 23.4. The van der Waals surface area contributed by atoms with Gasteiger partial charge in [-0.3, -0.25) is 14.4 Å². The van der Waals surface area contributed by atoms with Crippen LogP contribution in [0, 0.1) is 16.2 Å². The minimum absolute atomic E-state index is 0.0422. The molecule has 0 spiro atoms. The van der Waals surface area contributed by atoms with Gasteiger partial charge in [-0.25, -0.2) is 0 Å². The molecule has 3 aliphatic rings. The van der Waals surface area contributed by atoms with Gasteiger partial charge in [-0.05, 0) is 226 Å². The largest absolute Gasteiger partial charge is 0.469 e. The van der Waals surface area contributed by atoms with Gasteiger partial charge in [-0.2, -0.15) is 0 Å². The van der Waals surface area contributed by atoms with Crippen LogP contribution in [0.1, 0.15) is 248 Å². The van der Waals surface area contributed by atoms with Crippen LogP contribution in [-0.4, -0.2) is 45.8 Å². The molecule has 1 N–H and O–H groups in total. The van der Waals surface area contributed by atoms with Crippen LogP contribution < -0.4 is 5.32 Å². The van der Waals surface area contributed by atoms with Crippen molar-refractivity contribution < 1.29 is 33.3 Å². The lowest BCUT2D eigenvalue weighted by molar-refractivity contribution is -0.153. The summed E-state index contributed by atoms with van der Waals surface area (Å²) in [5.41, 5.74) is 14.4. The summed E-state index contributed by atoms with van der Waals surface area (Å²) in [5, 5.41) is 10.8. The SMILES string of the molecule is CCC(C)(CC(CC(C)(C)C(=O)NC1Cc2ccccc21)c1c2ccccc2cc2ccccc12)C(=O)OC.CCC(CC(CC(C)c1ccc2c(c1)CC2OC)c1cccc2ccccc12)c1ccccc1.CCOC1Cc2cc(C(C)CC(C)(CC(CC)c3ccccc3)C(=O)OC)ccc21. The Balaban J connectivity index is 0.000000156. The Hall–Kier alpha value is -8.69. The van der Waals surface area contributed by atoms with E-state index in [9.17, 15) is 14.4 Å². The summed E-state index contributed by atoms with van der Waals surface area (Å²) in [5.74, 6) is 1.89. The van der Waals surface area contributed by atoms with E-state index in [1.807, 2.05) is 59.9 Å². The van der Waals surface area contributed by atoms with Crippen molar-refractivity contribution in [3.8, 4) is 0 Å². The summed E-state index contributed by atoms with van der Waals surface area (Å²) in [4.78, 5) is 39.8. The van der Waals surface area contributed by atoms with Crippen LogP contribution in [-0.2, 0) is 52.6 Å². The van der Waals surface area contributed by atoms with Gasteiger partial charge in [0.05, 0.1) is 43.3 Å². The van der Waals surface area contributed by atoms with Crippen molar-refractivity contribution in [1.29, 1.82) is 0 Å². The number of nitrogens with one attached hydrogen (secondary N) is 1. The quantitative estimate of drug-likeness (QED) is 0.0385. The van der Waals surface area contributed by atoms with Crippen LogP contribution in [0.15, 0.2) is 218 Å². The highest BCUT2D eigenvalue weighted by molar-refractivity contribution is 6.03. The Labute approximate surface area is 614 Å². The summed E-state index contributed by atoms with van der Waals surface area (Å²) in [6.45, 7) is 22.2. The highest BCUT2D eigenvalue weighted by Crippen LogP contribution is 2.49. The molecule has 8 heteroatoms. The molecule has 0 radical (unpaired) electrons. The van der Waals surface area contributed by atoms with Gasteiger partial charge in [0.25, 0.3) is 0 Å². The van der Waals surface area contributed by atoms with Crippen molar-refractivity contribution >= 4 is 50.2 Å².